The second-order valence-corrected chi connectivity index (χ2v) is 12.3. The van der Waals surface area contributed by atoms with Crippen molar-refractivity contribution in [2.45, 2.75) is 148 Å². The van der Waals surface area contributed by atoms with E-state index in [2.05, 4.69) is 30.5 Å². The lowest BCUT2D eigenvalue weighted by Gasteiger charge is -2.20. The van der Waals surface area contributed by atoms with Crippen LogP contribution in [0.4, 0.5) is 0 Å². The number of rotatable bonds is 30. The molecule has 1 unspecified atom stereocenters. The van der Waals surface area contributed by atoms with Crippen LogP contribution in [-0.4, -0.2) is 65.7 Å². The number of carbonyl (C=O) groups excluding carboxylic acids is 2. The average Bonchev–Trinajstić information content (AvgIpc) is 2.97. The van der Waals surface area contributed by atoms with Crippen LogP contribution in [-0.2, 0) is 32.7 Å². The lowest BCUT2D eigenvalue weighted by atomic mass is 10.1. The van der Waals surface area contributed by atoms with Crippen molar-refractivity contribution in [3.63, 3.8) is 0 Å². The van der Waals surface area contributed by atoms with Crippen LogP contribution in [0.5, 0.6) is 0 Å². The average molecular weight is 623 g/mol. The molecule has 0 aromatic carbocycles. The van der Waals surface area contributed by atoms with Crippen LogP contribution in [0.3, 0.4) is 0 Å². The minimum absolute atomic E-state index is 0.184. The Bertz CT molecular complexity index is 731. The van der Waals surface area contributed by atoms with Crippen LogP contribution in [0.15, 0.2) is 12.2 Å². The number of hydrogen-bond donors (Lipinski definition) is 3. The second-order valence-electron chi connectivity index (χ2n) is 10.8. The van der Waals surface area contributed by atoms with Gasteiger partial charge in [0.05, 0.1) is 19.8 Å². The molecule has 0 radical (unpaired) electrons. The largest absolute Gasteiger partial charge is 0.472 e. The number of ether oxygens (including phenoxy) is 2. The summed E-state index contributed by atoms with van der Waals surface area (Å²) in [6.45, 7) is 2.25. The molecule has 0 saturated heterocycles. The highest BCUT2D eigenvalue weighted by Gasteiger charge is 2.27. The van der Waals surface area contributed by atoms with E-state index < -0.39 is 51.8 Å². The molecule has 0 amide bonds. The van der Waals surface area contributed by atoms with Gasteiger partial charge in [-0.3, -0.25) is 18.6 Å². The van der Waals surface area contributed by atoms with Gasteiger partial charge in [0.25, 0.3) is 0 Å². The molecule has 0 spiro atoms. The molecule has 0 aliphatic heterocycles. The quantitative estimate of drug-likeness (QED) is 0.0333. The minimum atomic E-state index is -4.59. The Hall–Kier alpha value is -1.29. The maximum Gasteiger partial charge on any atom is 0.472 e. The number of esters is 2. The number of phosphoric ester groups is 1. The summed E-state index contributed by atoms with van der Waals surface area (Å²) < 4.78 is 32.3. The highest BCUT2D eigenvalue weighted by Crippen LogP contribution is 2.43. The first-order valence-corrected chi connectivity index (χ1v) is 17.6. The maximum absolute atomic E-state index is 12.4. The van der Waals surface area contributed by atoms with Crippen LogP contribution in [0.25, 0.3) is 0 Å². The van der Waals surface area contributed by atoms with Gasteiger partial charge in [0.1, 0.15) is 12.7 Å². The molecule has 248 valence electrons. The predicted molar refractivity (Wildman–Crippen MR) is 164 cm³/mol. The summed E-state index contributed by atoms with van der Waals surface area (Å²) in [5.41, 5.74) is 0. The van der Waals surface area contributed by atoms with Gasteiger partial charge in [-0.1, -0.05) is 103 Å². The maximum atomic E-state index is 12.4. The first kappa shape index (κ1) is 40.7. The highest BCUT2D eigenvalue weighted by atomic mass is 31.2. The smallest absolute Gasteiger partial charge is 0.462 e. The van der Waals surface area contributed by atoms with Crippen molar-refractivity contribution >= 4 is 19.8 Å². The van der Waals surface area contributed by atoms with E-state index in [1.807, 2.05) is 0 Å². The zero-order valence-corrected chi connectivity index (χ0v) is 27.1. The molecule has 3 atom stereocenters. The van der Waals surface area contributed by atoms with Gasteiger partial charge < -0.3 is 24.6 Å². The Kier molecular flexibility index (Phi) is 27.6. The topological polar surface area (TPSA) is 149 Å². The first-order chi connectivity index (χ1) is 20.2. The summed E-state index contributed by atoms with van der Waals surface area (Å²) in [6.07, 6.45) is 20.7. The van der Waals surface area contributed by atoms with Gasteiger partial charge in [-0.15, -0.1) is 0 Å². The lowest BCUT2D eigenvalue weighted by molar-refractivity contribution is -0.161. The molecule has 0 aliphatic rings. The monoisotopic (exact) mass is 622 g/mol. The standard InChI is InChI=1S/C31H59O10P/c1-3-5-7-9-11-13-14-15-17-18-20-22-30(34)38-26-29(27-40-42(36,37)39-25-28(33)24-32)41-31(35)23-21-19-16-12-10-8-6-4-2/h9,11,28-29,32-33H,3-8,10,12-27H2,1-2H3,(H,36,37)/b11-9+/t28-,29+/m0/s1. The van der Waals surface area contributed by atoms with Crippen molar-refractivity contribution in [1.29, 1.82) is 0 Å². The zero-order chi connectivity index (χ0) is 31.3. The van der Waals surface area contributed by atoms with Gasteiger partial charge in [-0.05, 0) is 32.1 Å². The summed E-state index contributed by atoms with van der Waals surface area (Å²) in [5.74, 6) is -0.942. The molecule has 0 rings (SSSR count). The fourth-order valence-electron chi connectivity index (χ4n) is 4.09. The Morgan fingerprint density at radius 3 is 1.79 bits per heavy atom. The molecule has 0 bridgehead atoms. The van der Waals surface area contributed by atoms with Crippen LogP contribution < -0.4 is 0 Å². The Labute approximate surface area is 254 Å². The Morgan fingerprint density at radius 1 is 0.690 bits per heavy atom. The lowest BCUT2D eigenvalue weighted by Crippen LogP contribution is -2.29. The summed E-state index contributed by atoms with van der Waals surface area (Å²) in [6, 6.07) is 0. The van der Waals surface area contributed by atoms with Crippen LogP contribution in [0.2, 0.25) is 0 Å². The third-order valence-electron chi connectivity index (χ3n) is 6.67. The van der Waals surface area contributed by atoms with E-state index in [1.54, 1.807) is 0 Å². The number of unbranched alkanes of at least 4 members (excludes halogenated alkanes) is 14. The van der Waals surface area contributed by atoms with Crippen LogP contribution >= 0.6 is 7.82 Å². The van der Waals surface area contributed by atoms with Crippen molar-refractivity contribution in [3.8, 4) is 0 Å². The summed E-state index contributed by atoms with van der Waals surface area (Å²) >= 11 is 0. The number of phosphoric acid groups is 1. The first-order valence-electron chi connectivity index (χ1n) is 16.1. The number of aliphatic hydroxyl groups is 2. The second kappa shape index (κ2) is 28.5. The molecule has 0 heterocycles. The van der Waals surface area contributed by atoms with Gasteiger partial charge in [-0.25, -0.2) is 4.57 Å². The van der Waals surface area contributed by atoms with E-state index in [0.29, 0.717) is 12.8 Å². The Balaban J connectivity index is 4.46. The molecule has 0 aliphatic carbocycles. The van der Waals surface area contributed by atoms with Crippen molar-refractivity contribution in [1.82, 2.24) is 0 Å². The summed E-state index contributed by atoms with van der Waals surface area (Å²) in [4.78, 5) is 34.5. The van der Waals surface area contributed by atoms with E-state index in [4.69, 9.17) is 19.1 Å². The minimum Gasteiger partial charge on any atom is -0.462 e. The SMILES string of the molecule is CCCC/C=C/CCCCCCCC(=O)OC[C@H](COP(=O)(O)OC[C@@H](O)CO)OC(=O)CCCCCCCCCC. The molecule has 0 aromatic heterocycles. The van der Waals surface area contributed by atoms with Crippen molar-refractivity contribution in [2.75, 3.05) is 26.4 Å². The van der Waals surface area contributed by atoms with Crippen molar-refractivity contribution < 1.29 is 47.8 Å². The molecule has 0 saturated carbocycles. The predicted octanol–water partition coefficient (Wildman–Crippen LogP) is 6.94. The summed E-state index contributed by atoms with van der Waals surface area (Å²) in [5, 5.41) is 18.2. The van der Waals surface area contributed by atoms with E-state index in [0.717, 1.165) is 57.8 Å². The molecule has 3 N–H and O–H groups in total. The van der Waals surface area contributed by atoms with E-state index in [-0.39, 0.29) is 19.4 Å². The van der Waals surface area contributed by atoms with E-state index >= 15 is 0 Å². The Morgan fingerprint density at radius 2 is 1.19 bits per heavy atom. The highest BCUT2D eigenvalue weighted by molar-refractivity contribution is 7.47. The molecular formula is C31H59O10P. The number of hydrogen-bond acceptors (Lipinski definition) is 9. The molecule has 0 aromatic rings. The number of carbonyl (C=O) groups is 2. The zero-order valence-electron chi connectivity index (χ0n) is 26.2. The molecular weight excluding hydrogens is 563 g/mol. The normalized spacial score (nSPS) is 14.5. The van der Waals surface area contributed by atoms with Gasteiger partial charge in [0.15, 0.2) is 6.10 Å². The van der Waals surface area contributed by atoms with Gasteiger partial charge in [-0.2, -0.15) is 0 Å². The number of allylic oxidation sites excluding steroid dienone is 2. The third kappa shape index (κ3) is 27.5. The number of aliphatic hydroxyl groups excluding tert-OH is 2. The molecule has 0 fully saturated rings. The van der Waals surface area contributed by atoms with Crippen molar-refractivity contribution in [2.24, 2.45) is 0 Å². The van der Waals surface area contributed by atoms with E-state index in [9.17, 15) is 24.2 Å². The van der Waals surface area contributed by atoms with Gasteiger partial charge in [0, 0.05) is 12.8 Å². The molecule has 10 nitrogen and oxygen atoms in total. The van der Waals surface area contributed by atoms with Crippen molar-refractivity contribution in [3.05, 3.63) is 12.2 Å². The van der Waals surface area contributed by atoms with E-state index in [1.165, 1.54) is 38.5 Å². The third-order valence-corrected chi connectivity index (χ3v) is 7.62. The van der Waals surface area contributed by atoms with Crippen LogP contribution in [0, 0.1) is 0 Å². The summed E-state index contributed by atoms with van der Waals surface area (Å²) in [7, 11) is -4.59. The molecule has 11 heteroatoms. The van der Waals surface area contributed by atoms with Crippen LogP contribution in [0.1, 0.15) is 136 Å². The molecule has 42 heavy (non-hydrogen) atoms. The fourth-order valence-corrected chi connectivity index (χ4v) is 4.88. The fraction of sp³-hybridized carbons (Fsp3) is 0.871. The van der Waals surface area contributed by atoms with Gasteiger partial charge >= 0.3 is 19.8 Å². The van der Waals surface area contributed by atoms with Gasteiger partial charge in [0.2, 0.25) is 0 Å².